The highest BCUT2D eigenvalue weighted by molar-refractivity contribution is 7.99. The number of rotatable bonds is 4. The van der Waals surface area contributed by atoms with Crippen LogP contribution >= 0.6 is 11.8 Å². The van der Waals surface area contributed by atoms with E-state index in [9.17, 15) is 0 Å². The van der Waals surface area contributed by atoms with Gasteiger partial charge in [0.15, 0.2) is 5.16 Å². The quantitative estimate of drug-likeness (QED) is 0.829. The molecule has 2 heterocycles. The number of aromatic nitrogens is 4. The van der Waals surface area contributed by atoms with Crippen molar-refractivity contribution in [1.29, 1.82) is 0 Å². The Balaban J connectivity index is 2.22. The molecule has 0 bridgehead atoms. The van der Waals surface area contributed by atoms with E-state index in [0.29, 0.717) is 0 Å². The number of thioether (sulfide) groups is 1. The number of nitrogens with zero attached hydrogens (tertiary/aromatic N) is 4. The number of hydrogen-bond acceptors (Lipinski definition) is 5. The Morgan fingerprint density at radius 1 is 1.35 bits per heavy atom. The monoisotopic (exact) mass is 249 g/mol. The van der Waals surface area contributed by atoms with Gasteiger partial charge in [0.2, 0.25) is 0 Å². The van der Waals surface area contributed by atoms with Crippen LogP contribution in [0.25, 0.3) is 0 Å². The third kappa shape index (κ3) is 2.83. The molecule has 0 amide bonds. The molecule has 2 aromatic rings. The predicted molar refractivity (Wildman–Crippen MR) is 67.5 cm³/mol. The van der Waals surface area contributed by atoms with Crippen molar-refractivity contribution < 1.29 is 0 Å². The number of aryl methyl sites for hydroxylation is 1. The van der Waals surface area contributed by atoms with Gasteiger partial charge >= 0.3 is 0 Å². The molecule has 0 spiro atoms. The first kappa shape index (κ1) is 12.1. The summed E-state index contributed by atoms with van der Waals surface area (Å²) in [5.41, 5.74) is 6.99. The molecule has 5 nitrogen and oxygen atoms in total. The maximum Gasteiger partial charge on any atom is 0.186 e. The van der Waals surface area contributed by atoms with Gasteiger partial charge in [-0.1, -0.05) is 17.8 Å². The topological polar surface area (TPSA) is 69.6 Å². The summed E-state index contributed by atoms with van der Waals surface area (Å²) in [6.45, 7) is 1.97. The van der Waals surface area contributed by atoms with Crippen molar-refractivity contribution in [1.82, 2.24) is 19.7 Å². The van der Waals surface area contributed by atoms with E-state index in [1.807, 2.05) is 32.2 Å². The smallest absolute Gasteiger partial charge is 0.186 e. The van der Waals surface area contributed by atoms with Crippen molar-refractivity contribution in [3.05, 3.63) is 36.4 Å². The van der Waals surface area contributed by atoms with Crippen molar-refractivity contribution in [3.8, 4) is 0 Å². The van der Waals surface area contributed by atoms with Crippen LogP contribution < -0.4 is 5.73 Å². The second-order valence-corrected chi connectivity index (χ2v) is 4.93. The molecule has 0 saturated carbocycles. The summed E-state index contributed by atoms with van der Waals surface area (Å²) in [6, 6.07) is 5.84. The Bertz CT molecular complexity index is 468. The highest BCUT2D eigenvalue weighted by atomic mass is 32.2. The van der Waals surface area contributed by atoms with Crippen molar-refractivity contribution >= 4 is 11.8 Å². The van der Waals surface area contributed by atoms with E-state index >= 15 is 0 Å². The molecule has 0 aliphatic carbocycles. The molecule has 2 N–H and O–H groups in total. The van der Waals surface area contributed by atoms with E-state index < -0.39 is 0 Å². The maximum absolute atomic E-state index is 6.02. The van der Waals surface area contributed by atoms with E-state index in [2.05, 4.69) is 15.1 Å². The highest BCUT2D eigenvalue weighted by Gasteiger charge is 2.20. The van der Waals surface area contributed by atoms with Gasteiger partial charge in [0.25, 0.3) is 0 Å². The van der Waals surface area contributed by atoms with Crippen molar-refractivity contribution in [3.63, 3.8) is 0 Å². The molecule has 2 aromatic heterocycles. The first-order valence-electron chi connectivity index (χ1n) is 5.35. The summed E-state index contributed by atoms with van der Waals surface area (Å²) >= 11 is 1.59. The van der Waals surface area contributed by atoms with E-state index in [0.717, 1.165) is 10.9 Å². The van der Waals surface area contributed by atoms with Gasteiger partial charge in [-0.3, -0.25) is 4.98 Å². The van der Waals surface area contributed by atoms with E-state index in [1.165, 1.54) is 0 Å². The molecule has 6 heteroatoms. The molecule has 0 radical (unpaired) electrons. The largest absolute Gasteiger partial charge is 0.327 e. The second-order valence-electron chi connectivity index (χ2n) is 3.82. The standard InChI is InChI=1S/C11H15N5S/c1-8(12)10(9-5-3-4-6-13-9)17-11-14-7-15-16(11)2/h3-8,10H,12H2,1-2H3. The molecule has 17 heavy (non-hydrogen) atoms. The van der Waals surface area contributed by atoms with Crippen LogP contribution in [0, 0.1) is 0 Å². The zero-order valence-electron chi connectivity index (χ0n) is 9.82. The van der Waals surface area contributed by atoms with Gasteiger partial charge in [-0.05, 0) is 19.1 Å². The highest BCUT2D eigenvalue weighted by Crippen LogP contribution is 2.34. The molecule has 2 unspecified atom stereocenters. The molecular weight excluding hydrogens is 234 g/mol. The Labute approximate surface area is 104 Å². The summed E-state index contributed by atoms with van der Waals surface area (Å²) in [5, 5.41) is 4.97. The summed E-state index contributed by atoms with van der Waals surface area (Å²) in [6.07, 6.45) is 3.32. The van der Waals surface area contributed by atoms with Crippen LogP contribution in [-0.2, 0) is 7.05 Å². The lowest BCUT2D eigenvalue weighted by molar-refractivity contribution is 0.667. The zero-order valence-corrected chi connectivity index (χ0v) is 10.6. The van der Waals surface area contributed by atoms with E-state index in [-0.39, 0.29) is 11.3 Å². The fraction of sp³-hybridized carbons (Fsp3) is 0.364. The van der Waals surface area contributed by atoms with Gasteiger partial charge in [0.1, 0.15) is 6.33 Å². The number of nitrogens with two attached hydrogens (primary N) is 1. The fourth-order valence-electron chi connectivity index (χ4n) is 1.49. The average molecular weight is 249 g/mol. The van der Waals surface area contributed by atoms with Crippen molar-refractivity contribution in [2.75, 3.05) is 0 Å². The minimum atomic E-state index is -0.00778. The van der Waals surface area contributed by atoms with Gasteiger partial charge in [-0.15, -0.1) is 0 Å². The van der Waals surface area contributed by atoms with Gasteiger partial charge < -0.3 is 5.73 Å². The van der Waals surface area contributed by atoms with E-state index in [4.69, 9.17) is 5.73 Å². The fourth-order valence-corrected chi connectivity index (χ4v) is 2.50. The van der Waals surface area contributed by atoms with Gasteiger partial charge in [-0.2, -0.15) is 5.10 Å². The minimum Gasteiger partial charge on any atom is -0.327 e. The molecule has 0 saturated heterocycles. The summed E-state index contributed by atoms with van der Waals surface area (Å²) < 4.78 is 1.74. The lowest BCUT2D eigenvalue weighted by Gasteiger charge is -2.18. The molecule has 0 aromatic carbocycles. The first-order valence-corrected chi connectivity index (χ1v) is 6.23. The van der Waals surface area contributed by atoms with Crippen molar-refractivity contribution in [2.45, 2.75) is 23.4 Å². The lowest BCUT2D eigenvalue weighted by atomic mass is 10.2. The Morgan fingerprint density at radius 3 is 2.71 bits per heavy atom. The van der Waals surface area contributed by atoms with Crippen LogP contribution in [0.1, 0.15) is 17.9 Å². The molecule has 0 fully saturated rings. The Kier molecular flexibility index (Phi) is 3.75. The normalized spacial score (nSPS) is 14.5. The summed E-state index contributed by atoms with van der Waals surface area (Å²) in [4.78, 5) is 8.55. The van der Waals surface area contributed by atoms with Crippen molar-refractivity contribution in [2.24, 2.45) is 12.8 Å². The summed E-state index contributed by atoms with van der Waals surface area (Å²) in [5.74, 6) is 0. The van der Waals surface area contributed by atoms with Crippen LogP contribution in [-0.4, -0.2) is 25.8 Å². The van der Waals surface area contributed by atoms with Crippen LogP contribution in [0.5, 0.6) is 0 Å². The number of hydrogen-bond donors (Lipinski definition) is 1. The Morgan fingerprint density at radius 2 is 2.18 bits per heavy atom. The number of pyridine rings is 1. The van der Waals surface area contributed by atoms with Crippen LogP contribution in [0.4, 0.5) is 0 Å². The molecule has 0 aliphatic heterocycles. The zero-order chi connectivity index (χ0) is 12.3. The SMILES string of the molecule is CC(N)C(Sc1ncnn1C)c1ccccn1. The third-order valence-corrected chi connectivity index (χ3v) is 3.86. The minimum absolute atomic E-state index is 0.00778. The maximum atomic E-state index is 6.02. The van der Waals surface area contributed by atoms with Gasteiger partial charge in [-0.25, -0.2) is 9.67 Å². The van der Waals surface area contributed by atoms with Crippen LogP contribution in [0.15, 0.2) is 35.9 Å². The predicted octanol–water partition coefficient (Wildman–Crippen LogP) is 1.39. The second kappa shape index (κ2) is 5.29. The third-order valence-electron chi connectivity index (χ3n) is 2.36. The molecule has 2 rings (SSSR count). The van der Waals surface area contributed by atoms with Gasteiger partial charge in [0, 0.05) is 19.3 Å². The van der Waals surface area contributed by atoms with Crippen LogP contribution in [0.3, 0.4) is 0 Å². The molecule has 90 valence electrons. The van der Waals surface area contributed by atoms with Gasteiger partial charge in [0.05, 0.1) is 10.9 Å². The first-order chi connectivity index (χ1) is 8.18. The van der Waals surface area contributed by atoms with Crippen LogP contribution in [0.2, 0.25) is 0 Å². The lowest BCUT2D eigenvalue weighted by Crippen LogP contribution is -2.23. The summed E-state index contributed by atoms with van der Waals surface area (Å²) in [7, 11) is 1.87. The average Bonchev–Trinajstić information content (AvgIpc) is 2.72. The molecule has 2 atom stereocenters. The molecular formula is C11H15N5S. The molecule has 0 aliphatic rings. The van der Waals surface area contributed by atoms with E-state index in [1.54, 1.807) is 29.0 Å². The Hall–Kier alpha value is -1.40.